The Morgan fingerprint density at radius 2 is 1.03 bits per heavy atom. The fraction of sp³-hybridized carbons (Fsp3) is 0.217. The molecule has 0 N–H and O–H groups in total. The summed E-state index contributed by atoms with van der Waals surface area (Å²) in [5.41, 5.74) is -4.78. The second kappa shape index (κ2) is 8.33. The average Bonchev–Trinajstić information content (AvgIpc) is 2.72. The van der Waals surface area contributed by atoms with E-state index in [1.807, 2.05) is 20.8 Å². The molecule has 0 unspecified atom stereocenters. The van der Waals surface area contributed by atoms with Crippen molar-refractivity contribution in [2.24, 2.45) is 0 Å². The van der Waals surface area contributed by atoms with Crippen molar-refractivity contribution in [3.05, 3.63) is 90.5 Å². The predicted molar refractivity (Wildman–Crippen MR) is 116 cm³/mol. The summed E-state index contributed by atoms with van der Waals surface area (Å²) in [6.45, 7) is 6.04. The van der Waals surface area contributed by atoms with Crippen LogP contribution >= 0.6 is 10.3 Å². The monoisotopic (exact) mass is 468 g/mol. The molecule has 0 atom stereocenters. The van der Waals surface area contributed by atoms with E-state index in [4.69, 9.17) is 3.63 Å². The molecule has 3 aromatic carbocycles. The molecule has 0 aromatic heterocycles. The van der Waals surface area contributed by atoms with Crippen LogP contribution in [0.1, 0.15) is 26.3 Å². The number of alkyl halides is 3. The van der Waals surface area contributed by atoms with Gasteiger partial charge in [-0.05, 0) is 57.7 Å². The van der Waals surface area contributed by atoms with E-state index in [2.05, 4.69) is 0 Å². The van der Waals surface area contributed by atoms with Crippen LogP contribution in [0.15, 0.2) is 99.6 Å². The minimum absolute atomic E-state index is 0.186. The third-order valence-corrected chi connectivity index (χ3v) is 9.59. The summed E-state index contributed by atoms with van der Waals surface area (Å²) in [7, 11) is -9.14. The standard InChI is InChI=1S/C23H23F3O3S2/c1-22(2,3)18-14-16-21(17-15-18)30(19-10-6-4-7-11-19,20-12-8-5-9-13-20)29-31(27,28)23(24,25)26/h4-17H,1-3H3. The van der Waals surface area contributed by atoms with Gasteiger partial charge < -0.3 is 0 Å². The molecular weight excluding hydrogens is 445 g/mol. The largest absolute Gasteiger partial charge is 0.524 e. The predicted octanol–water partition coefficient (Wildman–Crippen LogP) is 7.05. The number of rotatable bonds is 5. The van der Waals surface area contributed by atoms with Gasteiger partial charge in [0.25, 0.3) is 0 Å². The fourth-order valence-corrected chi connectivity index (χ4v) is 7.81. The van der Waals surface area contributed by atoms with E-state index in [9.17, 15) is 21.6 Å². The van der Waals surface area contributed by atoms with Crippen LogP contribution in [0.25, 0.3) is 0 Å². The molecule has 0 spiro atoms. The number of hydrogen-bond acceptors (Lipinski definition) is 3. The summed E-state index contributed by atoms with van der Waals surface area (Å²) < 4.78 is 70.1. The van der Waals surface area contributed by atoms with E-state index < -0.39 is 25.9 Å². The van der Waals surface area contributed by atoms with Gasteiger partial charge in [-0.15, -0.1) is 0 Å². The van der Waals surface area contributed by atoms with Crippen LogP contribution < -0.4 is 0 Å². The quantitative estimate of drug-likeness (QED) is 0.377. The molecule has 0 fully saturated rings. The lowest BCUT2D eigenvalue weighted by atomic mass is 9.87. The zero-order valence-corrected chi connectivity index (χ0v) is 18.9. The van der Waals surface area contributed by atoms with Crippen LogP contribution in [0.4, 0.5) is 13.2 Å². The zero-order chi connectivity index (χ0) is 22.9. The zero-order valence-electron chi connectivity index (χ0n) is 17.3. The molecule has 0 radical (unpaired) electrons. The second-order valence-corrected chi connectivity index (χ2v) is 12.4. The molecular formula is C23H23F3O3S2. The van der Waals surface area contributed by atoms with Crippen molar-refractivity contribution in [3.63, 3.8) is 0 Å². The molecule has 0 saturated heterocycles. The molecule has 0 bridgehead atoms. The van der Waals surface area contributed by atoms with Crippen LogP contribution in [0.2, 0.25) is 0 Å². The van der Waals surface area contributed by atoms with Gasteiger partial charge in [-0.2, -0.15) is 25.2 Å². The SMILES string of the molecule is CC(C)(C)c1ccc(S(OS(=O)(=O)C(F)(F)F)(c2ccccc2)c2ccccc2)cc1. The van der Waals surface area contributed by atoms with E-state index in [-0.39, 0.29) is 5.41 Å². The first-order valence-electron chi connectivity index (χ1n) is 9.44. The van der Waals surface area contributed by atoms with Gasteiger partial charge in [0.1, 0.15) is 0 Å². The van der Waals surface area contributed by atoms with Gasteiger partial charge in [0.05, 0.1) is 0 Å². The van der Waals surface area contributed by atoms with E-state index in [0.29, 0.717) is 14.7 Å². The van der Waals surface area contributed by atoms with Crippen LogP contribution in [0.3, 0.4) is 0 Å². The van der Waals surface area contributed by atoms with Crippen LogP contribution in [0.5, 0.6) is 0 Å². The van der Waals surface area contributed by atoms with Gasteiger partial charge in [0.2, 0.25) is 0 Å². The van der Waals surface area contributed by atoms with E-state index >= 15 is 0 Å². The third kappa shape index (κ3) is 4.66. The van der Waals surface area contributed by atoms with Crippen molar-refractivity contribution in [2.45, 2.75) is 46.4 Å². The summed E-state index contributed by atoms with van der Waals surface area (Å²) in [5.74, 6) is 0. The van der Waals surface area contributed by atoms with Gasteiger partial charge >= 0.3 is 15.6 Å². The Kier molecular flexibility index (Phi) is 6.28. The second-order valence-electron chi connectivity index (χ2n) is 7.92. The maximum absolute atomic E-state index is 13.4. The summed E-state index contributed by atoms with van der Waals surface area (Å²) >= 11 is 0. The molecule has 3 aromatic rings. The third-order valence-electron chi connectivity index (χ3n) is 4.68. The highest BCUT2D eigenvalue weighted by atomic mass is 32.3. The highest BCUT2D eigenvalue weighted by Crippen LogP contribution is 2.70. The lowest BCUT2D eigenvalue weighted by molar-refractivity contribution is -0.0496. The van der Waals surface area contributed by atoms with Crippen molar-refractivity contribution in [2.75, 3.05) is 0 Å². The van der Waals surface area contributed by atoms with E-state index in [0.717, 1.165) is 5.56 Å². The topological polar surface area (TPSA) is 43.4 Å². The van der Waals surface area contributed by atoms with Crippen molar-refractivity contribution in [1.29, 1.82) is 0 Å². The Balaban J connectivity index is 2.36. The highest BCUT2D eigenvalue weighted by molar-refractivity contribution is 8.33. The molecule has 31 heavy (non-hydrogen) atoms. The Morgan fingerprint density at radius 3 is 1.39 bits per heavy atom. The number of benzene rings is 3. The van der Waals surface area contributed by atoms with Crippen molar-refractivity contribution in [1.82, 2.24) is 0 Å². The molecule has 3 nitrogen and oxygen atoms in total. The Bertz CT molecular complexity index is 1080. The Labute approximate surface area is 182 Å². The summed E-state index contributed by atoms with van der Waals surface area (Å²) in [6.07, 6.45) is 0. The summed E-state index contributed by atoms with van der Waals surface area (Å²) in [4.78, 5) is 1.04. The summed E-state index contributed by atoms with van der Waals surface area (Å²) in [5, 5.41) is 0. The normalized spacial score (nSPS) is 13.7. The van der Waals surface area contributed by atoms with Gasteiger partial charge in [-0.3, -0.25) is 0 Å². The molecule has 0 aliphatic carbocycles. The minimum Gasteiger partial charge on any atom is -0.200 e. The Hall–Kier alpha value is -2.29. The van der Waals surface area contributed by atoms with Gasteiger partial charge in [0, 0.05) is 14.7 Å². The fourth-order valence-electron chi connectivity index (χ4n) is 3.07. The number of halogens is 3. The molecule has 0 heterocycles. The molecule has 0 aliphatic heterocycles. The van der Waals surface area contributed by atoms with Gasteiger partial charge in [-0.25, -0.2) is 0 Å². The van der Waals surface area contributed by atoms with Gasteiger partial charge in [-0.1, -0.05) is 69.3 Å². The molecule has 0 saturated carbocycles. The lowest BCUT2D eigenvalue weighted by Gasteiger charge is -2.39. The molecule has 166 valence electrons. The number of hydrogen-bond donors (Lipinski definition) is 0. The Morgan fingerprint density at radius 1 is 0.645 bits per heavy atom. The molecule has 8 heteroatoms. The van der Waals surface area contributed by atoms with E-state index in [1.54, 1.807) is 84.9 Å². The molecule has 3 rings (SSSR count). The first-order chi connectivity index (χ1) is 14.4. The van der Waals surface area contributed by atoms with Gasteiger partial charge in [0.15, 0.2) is 0 Å². The van der Waals surface area contributed by atoms with Crippen LogP contribution in [0, 0.1) is 0 Å². The smallest absolute Gasteiger partial charge is 0.200 e. The van der Waals surface area contributed by atoms with Crippen molar-refractivity contribution in [3.8, 4) is 0 Å². The maximum atomic E-state index is 13.4. The lowest BCUT2D eigenvalue weighted by Crippen LogP contribution is -2.27. The molecule has 0 amide bonds. The maximum Gasteiger partial charge on any atom is 0.524 e. The van der Waals surface area contributed by atoms with Crippen molar-refractivity contribution >= 4 is 20.4 Å². The molecule has 0 aliphatic rings. The van der Waals surface area contributed by atoms with Crippen LogP contribution in [-0.4, -0.2) is 13.9 Å². The first-order valence-corrected chi connectivity index (χ1v) is 12.4. The van der Waals surface area contributed by atoms with E-state index in [1.165, 1.54) is 0 Å². The van der Waals surface area contributed by atoms with Crippen molar-refractivity contribution < 1.29 is 25.2 Å². The minimum atomic E-state index is -5.90. The summed E-state index contributed by atoms with van der Waals surface area (Å²) in [6, 6.07) is 23.3. The highest BCUT2D eigenvalue weighted by Gasteiger charge is 2.52. The average molecular weight is 469 g/mol. The van der Waals surface area contributed by atoms with Crippen LogP contribution in [-0.2, 0) is 19.2 Å². The first kappa shape index (κ1) is 23.4.